The molecule has 1 N–H and O–H groups in total. The lowest BCUT2D eigenvalue weighted by molar-refractivity contribution is -0.00114. The molecule has 3 rings (SSSR count). The molecule has 0 saturated carbocycles. The molecule has 1 saturated heterocycles. The Balaban J connectivity index is 1.44. The van der Waals surface area contributed by atoms with E-state index in [1.54, 1.807) is 24.4 Å². The summed E-state index contributed by atoms with van der Waals surface area (Å²) in [5, 5.41) is 10.3. The average molecular weight is 347 g/mol. The molecule has 0 spiro atoms. The second-order valence-corrected chi connectivity index (χ2v) is 6.86. The van der Waals surface area contributed by atoms with Gasteiger partial charge in [0.15, 0.2) is 0 Å². The summed E-state index contributed by atoms with van der Waals surface area (Å²) in [5.74, 6) is 0.310. The number of imidazole rings is 1. The number of ether oxygens (including phenoxy) is 1. The number of β-amino-alcohol motifs (C(OH)–C–C–N with tert-alkyl or cyclic N) is 1. The van der Waals surface area contributed by atoms with Crippen LogP contribution in [0.2, 0.25) is 0 Å². The molecule has 6 heteroatoms. The van der Waals surface area contributed by atoms with E-state index in [2.05, 4.69) is 21.4 Å². The third kappa shape index (κ3) is 4.87. The molecule has 1 fully saturated rings. The van der Waals surface area contributed by atoms with Crippen LogP contribution in [0.15, 0.2) is 43.0 Å². The molecular weight excluding hydrogens is 321 g/mol. The number of aliphatic hydroxyl groups is 1. The van der Waals surface area contributed by atoms with Crippen molar-refractivity contribution in [3.8, 4) is 0 Å². The third-order valence-corrected chi connectivity index (χ3v) is 4.91. The van der Waals surface area contributed by atoms with Gasteiger partial charge in [-0.25, -0.2) is 9.37 Å². The number of benzene rings is 1. The smallest absolute Gasteiger partial charge is 0.128 e. The molecule has 3 atom stereocenters. The average Bonchev–Trinajstić information content (AvgIpc) is 3.13. The molecule has 2 aromatic rings. The first-order valence-electron chi connectivity index (χ1n) is 8.82. The Bertz CT molecular complexity index is 650. The van der Waals surface area contributed by atoms with E-state index in [0.29, 0.717) is 24.1 Å². The summed E-state index contributed by atoms with van der Waals surface area (Å²) in [6, 6.07) is 6.93. The molecule has 0 radical (unpaired) electrons. The van der Waals surface area contributed by atoms with Crippen LogP contribution in [-0.4, -0.2) is 51.9 Å². The summed E-state index contributed by atoms with van der Waals surface area (Å²) in [5.41, 5.74) is 0.515. The van der Waals surface area contributed by atoms with E-state index in [-0.39, 0.29) is 19.0 Å². The van der Waals surface area contributed by atoms with Crippen molar-refractivity contribution in [2.75, 3.05) is 26.2 Å². The van der Waals surface area contributed by atoms with Crippen LogP contribution in [0.25, 0.3) is 0 Å². The SMILES string of the molecule is CC1CCN(CC(O)COCc2ccccc2F)CC1n1ccnc1. The largest absolute Gasteiger partial charge is 0.389 e. The summed E-state index contributed by atoms with van der Waals surface area (Å²) >= 11 is 0. The summed E-state index contributed by atoms with van der Waals surface area (Å²) in [7, 11) is 0. The molecule has 1 aliphatic heterocycles. The van der Waals surface area contributed by atoms with Crippen LogP contribution >= 0.6 is 0 Å². The number of aromatic nitrogens is 2. The Kier molecular flexibility index (Phi) is 6.18. The number of aliphatic hydroxyl groups excluding tert-OH is 1. The summed E-state index contributed by atoms with van der Waals surface area (Å²) in [4.78, 5) is 6.40. The Morgan fingerprint density at radius 1 is 1.40 bits per heavy atom. The zero-order valence-electron chi connectivity index (χ0n) is 14.6. The minimum atomic E-state index is -0.580. The van der Waals surface area contributed by atoms with Crippen molar-refractivity contribution in [1.82, 2.24) is 14.5 Å². The molecule has 1 aromatic heterocycles. The Morgan fingerprint density at radius 3 is 3.00 bits per heavy atom. The molecule has 1 aliphatic rings. The first kappa shape index (κ1) is 18.0. The predicted octanol–water partition coefficient (Wildman–Crippen LogP) is 2.48. The van der Waals surface area contributed by atoms with Crippen molar-refractivity contribution in [3.05, 3.63) is 54.4 Å². The van der Waals surface area contributed by atoms with Gasteiger partial charge in [0.05, 0.1) is 25.6 Å². The van der Waals surface area contributed by atoms with Gasteiger partial charge >= 0.3 is 0 Å². The van der Waals surface area contributed by atoms with Gasteiger partial charge in [0, 0.05) is 37.1 Å². The number of likely N-dealkylation sites (tertiary alicyclic amines) is 1. The van der Waals surface area contributed by atoms with E-state index in [1.807, 2.05) is 12.5 Å². The highest BCUT2D eigenvalue weighted by atomic mass is 19.1. The second-order valence-electron chi connectivity index (χ2n) is 6.86. The highest BCUT2D eigenvalue weighted by molar-refractivity contribution is 5.16. The lowest BCUT2D eigenvalue weighted by Crippen LogP contribution is -2.44. The molecule has 0 bridgehead atoms. The van der Waals surface area contributed by atoms with E-state index in [9.17, 15) is 9.50 Å². The number of hydrogen-bond acceptors (Lipinski definition) is 4. The quantitative estimate of drug-likeness (QED) is 0.836. The van der Waals surface area contributed by atoms with Crippen molar-refractivity contribution >= 4 is 0 Å². The lowest BCUT2D eigenvalue weighted by atomic mass is 9.93. The maximum atomic E-state index is 13.5. The molecular formula is C19H26FN3O2. The third-order valence-electron chi connectivity index (χ3n) is 4.91. The topological polar surface area (TPSA) is 50.5 Å². The standard InChI is InChI=1S/C19H26FN3O2/c1-15-6-8-22(11-19(15)23-9-7-21-14-23)10-17(24)13-25-12-16-4-2-3-5-18(16)20/h2-5,7,9,14-15,17,19,24H,6,8,10-13H2,1H3. The highest BCUT2D eigenvalue weighted by Crippen LogP contribution is 2.27. The molecule has 0 amide bonds. The van der Waals surface area contributed by atoms with Crippen molar-refractivity contribution in [1.29, 1.82) is 0 Å². The van der Waals surface area contributed by atoms with E-state index < -0.39 is 6.10 Å². The fourth-order valence-electron chi connectivity index (χ4n) is 3.41. The van der Waals surface area contributed by atoms with Gasteiger partial charge in [0.25, 0.3) is 0 Å². The van der Waals surface area contributed by atoms with Crippen LogP contribution in [0.5, 0.6) is 0 Å². The molecule has 1 aromatic carbocycles. The predicted molar refractivity (Wildman–Crippen MR) is 93.5 cm³/mol. The van der Waals surface area contributed by atoms with Crippen molar-refractivity contribution < 1.29 is 14.2 Å². The van der Waals surface area contributed by atoms with Crippen LogP contribution in [0.3, 0.4) is 0 Å². The van der Waals surface area contributed by atoms with Crippen LogP contribution in [0, 0.1) is 11.7 Å². The Hall–Kier alpha value is -1.76. The molecule has 136 valence electrons. The maximum Gasteiger partial charge on any atom is 0.128 e. The fraction of sp³-hybridized carbons (Fsp3) is 0.526. The summed E-state index contributed by atoms with van der Waals surface area (Å²) in [6.45, 7) is 5.07. The van der Waals surface area contributed by atoms with Crippen molar-refractivity contribution in [2.45, 2.75) is 32.1 Å². The monoisotopic (exact) mass is 347 g/mol. The van der Waals surface area contributed by atoms with Gasteiger partial charge in [-0.05, 0) is 24.9 Å². The van der Waals surface area contributed by atoms with Crippen molar-refractivity contribution in [3.63, 3.8) is 0 Å². The van der Waals surface area contributed by atoms with Gasteiger partial charge in [-0.2, -0.15) is 0 Å². The molecule has 2 heterocycles. The van der Waals surface area contributed by atoms with Crippen LogP contribution in [-0.2, 0) is 11.3 Å². The minimum absolute atomic E-state index is 0.179. The Labute approximate surface area is 148 Å². The first-order valence-corrected chi connectivity index (χ1v) is 8.82. The van der Waals surface area contributed by atoms with Gasteiger partial charge in [0.2, 0.25) is 0 Å². The summed E-state index contributed by atoms with van der Waals surface area (Å²) in [6.07, 6.45) is 6.17. The fourth-order valence-corrected chi connectivity index (χ4v) is 3.41. The molecule has 0 aliphatic carbocycles. The number of halogens is 1. The van der Waals surface area contributed by atoms with E-state index in [4.69, 9.17) is 4.74 Å². The molecule has 25 heavy (non-hydrogen) atoms. The van der Waals surface area contributed by atoms with E-state index in [0.717, 1.165) is 19.5 Å². The van der Waals surface area contributed by atoms with Gasteiger partial charge in [-0.1, -0.05) is 25.1 Å². The van der Waals surface area contributed by atoms with Gasteiger partial charge < -0.3 is 14.4 Å². The zero-order chi connectivity index (χ0) is 17.6. The summed E-state index contributed by atoms with van der Waals surface area (Å²) < 4.78 is 21.2. The lowest BCUT2D eigenvalue weighted by Gasteiger charge is -2.38. The van der Waals surface area contributed by atoms with E-state index >= 15 is 0 Å². The maximum absolute atomic E-state index is 13.5. The van der Waals surface area contributed by atoms with Crippen LogP contribution < -0.4 is 0 Å². The number of nitrogens with zero attached hydrogens (tertiary/aromatic N) is 3. The first-order chi connectivity index (χ1) is 12.1. The zero-order valence-corrected chi connectivity index (χ0v) is 14.6. The van der Waals surface area contributed by atoms with Crippen LogP contribution in [0.1, 0.15) is 24.9 Å². The molecule has 5 nitrogen and oxygen atoms in total. The van der Waals surface area contributed by atoms with Crippen molar-refractivity contribution in [2.24, 2.45) is 5.92 Å². The second kappa shape index (κ2) is 8.56. The molecule has 3 unspecified atom stereocenters. The highest BCUT2D eigenvalue weighted by Gasteiger charge is 2.28. The van der Waals surface area contributed by atoms with Crippen LogP contribution in [0.4, 0.5) is 4.39 Å². The number of hydrogen-bond donors (Lipinski definition) is 1. The number of piperidine rings is 1. The van der Waals surface area contributed by atoms with E-state index in [1.165, 1.54) is 6.07 Å². The van der Waals surface area contributed by atoms with Gasteiger partial charge in [-0.3, -0.25) is 4.90 Å². The van der Waals surface area contributed by atoms with Gasteiger partial charge in [-0.15, -0.1) is 0 Å². The Morgan fingerprint density at radius 2 is 2.24 bits per heavy atom. The van der Waals surface area contributed by atoms with Gasteiger partial charge in [0.1, 0.15) is 5.82 Å². The normalized spacial score (nSPS) is 22.8. The minimum Gasteiger partial charge on any atom is -0.389 e. The number of rotatable bonds is 7.